The minimum absolute atomic E-state index is 0.0308. The number of nitrogens with one attached hydrogen (secondary N) is 1. The molecule has 1 aliphatic heterocycles. The molecule has 0 unspecified atom stereocenters. The monoisotopic (exact) mass is 349 g/mol. The second-order valence-electron chi connectivity index (χ2n) is 6.75. The second-order valence-corrected chi connectivity index (χ2v) is 6.75. The summed E-state index contributed by atoms with van der Waals surface area (Å²) in [4.78, 5) is 33.0. The van der Waals surface area contributed by atoms with Gasteiger partial charge in [0.25, 0.3) is 5.91 Å². The molecule has 26 heavy (non-hydrogen) atoms. The number of hydrogen-bond acceptors (Lipinski definition) is 3. The molecule has 132 valence electrons. The van der Waals surface area contributed by atoms with E-state index in [1.165, 1.54) is 0 Å². The van der Waals surface area contributed by atoms with Gasteiger partial charge in [0.2, 0.25) is 0 Å². The van der Waals surface area contributed by atoms with E-state index in [0.29, 0.717) is 23.6 Å². The molecule has 4 rings (SSSR count). The average Bonchev–Trinajstić information content (AvgIpc) is 3.30. The van der Waals surface area contributed by atoms with Crippen molar-refractivity contribution in [3.63, 3.8) is 0 Å². The molecule has 0 radical (unpaired) electrons. The second kappa shape index (κ2) is 6.63. The lowest BCUT2D eigenvalue weighted by atomic mass is 9.97. The Bertz CT molecular complexity index is 979. The molecule has 2 heterocycles. The van der Waals surface area contributed by atoms with Crippen LogP contribution in [-0.2, 0) is 6.42 Å². The Kier molecular flexibility index (Phi) is 4.16. The maximum atomic E-state index is 12.8. The molecule has 3 aromatic rings. The molecule has 1 aromatic heterocycles. The Balaban J connectivity index is 1.43. The maximum absolute atomic E-state index is 12.8. The van der Waals surface area contributed by atoms with Crippen LogP contribution in [0.3, 0.4) is 0 Å². The molecule has 1 saturated heterocycles. The molecule has 1 atom stereocenters. The SMILES string of the molecule is O=C(O)c1cccc(C[C@H]2CCN(C(=O)c3ccc4nc[nH]c4c3)C2)c1. The van der Waals surface area contributed by atoms with E-state index in [4.69, 9.17) is 5.11 Å². The average molecular weight is 349 g/mol. The van der Waals surface area contributed by atoms with Gasteiger partial charge in [-0.15, -0.1) is 0 Å². The van der Waals surface area contributed by atoms with E-state index in [2.05, 4.69) is 9.97 Å². The van der Waals surface area contributed by atoms with Crippen molar-refractivity contribution in [3.05, 3.63) is 65.5 Å². The molecular formula is C20H19N3O3. The predicted molar refractivity (Wildman–Crippen MR) is 97.2 cm³/mol. The lowest BCUT2D eigenvalue weighted by Crippen LogP contribution is -2.28. The molecular weight excluding hydrogens is 330 g/mol. The highest BCUT2D eigenvalue weighted by Crippen LogP contribution is 2.24. The summed E-state index contributed by atoms with van der Waals surface area (Å²) in [5.74, 6) is -0.536. The summed E-state index contributed by atoms with van der Waals surface area (Å²) in [5.41, 5.74) is 3.68. The number of hydrogen-bond donors (Lipinski definition) is 2. The van der Waals surface area contributed by atoms with Gasteiger partial charge < -0.3 is 15.0 Å². The first-order valence-electron chi connectivity index (χ1n) is 8.65. The van der Waals surface area contributed by atoms with E-state index in [1.54, 1.807) is 24.5 Å². The number of aromatic nitrogens is 2. The van der Waals surface area contributed by atoms with Crippen LogP contribution >= 0.6 is 0 Å². The quantitative estimate of drug-likeness (QED) is 0.758. The topological polar surface area (TPSA) is 86.3 Å². The first kappa shape index (κ1) is 16.3. The number of fused-ring (bicyclic) bond motifs is 1. The van der Waals surface area contributed by atoms with Gasteiger partial charge in [0.1, 0.15) is 0 Å². The van der Waals surface area contributed by atoms with Gasteiger partial charge in [-0.2, -0.15) is 0 Å². The number of imidazole rings is 1. The van der Waals surface area contributed by atoms with Gasteiger partial charge in [-0.3, -0.25) is 4.79 Å². The Morgan fingerprint density at radius 3 is 2.92 bits per heavy atom. The molecule has 2 aromatic carbocycles. The van der Waals surface area contributed by atoms with Crippen LogP contribution in [0.2, 0.25) is 0 Å². The van der Waals surface area contributed by atoms with Crippen LogP contribution in [0.1, 0.15) is 32.7 Å². The Morgan fingerprint density at radius 2 is 2.08 bits per heavy atom. The van der Waals surface area contributed by atoms with Crippen molar-refractivity contribution in [2.24, 2.45) is 5.92 Å². The minimum Gasteiger partial charge on any atom is -0.478 e. The van der Waals surface area contributed by atoms with Crippen LogP contribution in [0, 0.1) is 5.92 Å². The lowest BCUT2D eigenvalue weighted by molar-refractivity contribution is 0.0696. The van der Waals surface area contributed by atoms with Crippen LogP contribution < -0.4 is 0 Å². The summed E-state index contributed by atoms with van der Waals surface area (Å²) in [6.45, 7) is 1.42. The third-order valence-electron chi connectivity index (χ3n) is 4.94. The molecule has 0 bridgehead atoms. The van der Waals surface area contributed by atoms with Crippen molar-refractivity contribution in [2.75, 3.05) is 13.1 Å². The Morgan fingerprint density at radius 1 is 1.19 bits per heavy atom. The number of carbonyl (C=O) groups is 2. The number of likely N-dealkylation sites (tertiary alicyclic amines) is 1. The smallest absolute Gasteiger partial charge is 0.335 e. The van der Waals surface area contributed by atoms with Gasteiger partial charge in [-0.1, -0.05) is 12.1 Å². The van der Waals surface area contributed by atoms with E-state index in [9.17, 15) is 9.59 Å². The van der Waals surface area contributed by atoms with Crippen molar-refractivity contribution >= 4 is 22.9 Å². The number of carbonyl (C=O) groups excluding carboxylic acids is 1. The highest BCUT2D eigenvalue weighted by Gasteiger charge is 2.27. The number of aromatic amines is 1. The van der Waals surface area contributed by atoms with Crippen molar-refractivity contribution in [2.45, 2.75) is 12.8 Å². The fourth-order valence-corrected chi connectivity index (χ4v) is 3.60. The number of aromatic carboxylic acids is 1. The van der Waals surface area contributed by atoms with Crippen LogP contribution in [0.15, 0.2) is 48.8 Å². The van der Waals surface area contributed by atoms with E-state index in [-0.39, 0.29) is 5.91 Å². The number of carboxylic acid groups (broad SMARTS) is 1. The highest BCUT2D eigenvalue weighted by atomic mass is 16.4. The van der Waals surface area contributed by atoms with Crippen LogP contribution in [-0.4, -0.2) is 44.9 Å². The van der Waals surface area contributed by atoms with Crippen LogP contribution in [0.25, 0.3) is 11.0 Å². The zero-order chi connectivity index (χ0) is 18.1. The van der Waals surface area contributed by atoms with Crippen molar-refractivity contribution < 1.29 is 14.7 Å². The lowest BCUT2D eigenvalue weighted by Gasteiger charge is -2.17. The summed E-state index contributed by atoms with van der Waals surface area (Å²) in [6, 6.07) is 12.5. The number of nitrogens with zero attached hydrogens (tertiary/aromatic N) is 2. The first-order valence-corrected chi connectivity index (χ1v) is 8.65. The summed E-state index contributed by atoms with van der Waals surface area (Å²) in [7, 11) is 0. The van der Waals surface area contributed by atoms with Gasteiger partial charge in [-0.05, 0) is 54.7 Å². The third kappa shape index (κ3) is 3.18. The molecule has 1 aliphatic rings. The number of amides is 1. The fraction of sp³-hybridized carbons (Fsp3) is 0.250. The Labute approximate surface area is 150 Å². The zero-order valence-corrected chi connectivity index (χ0v) is 14.2. The van der Waals surface area contributed by atoms with Gasteiger partial charge in [-0.25, -0.2) is 9.78 Å². The molecule has 1 amide bonds. The van der Waals surface area contributed by atoms with Crippen molar-refractivity contribution in [1.29, 1.82) is 0 Å². The number of H-pyrrole nitrogens is 1. The Hall–Kier alpha value is -3.15. The van der Waals surface area contributed by atoms with Crippen LogP contribution in [0.5, 0.6) is 0 Å². The standard InChI is InChI=1S/C20H19N3O3/c24-19(15-4-5-17-18(10-15)22-12-21-17)23-7-6-14(11-23)8-13-2-1-3-16(9-13)20(25)26/h1-5,9-10,12,14H,6-8,11H2,(H,21,22)(H,25,26)/t14-/m1/s1. The van der Waals surface area contributed by atoms with Crippen molar-refractivity contribution in [1.82, 2.24) is 14.9 Å². The third-order valence-corrected chi connectivity index (χ3v) is 4.94. The number of benzene rings is 2. The van der Waals surface area contributed by atoms with E-state index in [0.717, 1.165) is 36.0 Å². The predicted octanol–water partition coefficient (Wildman–Crippen LogP) is 2.97. The van der Waals surface area contributed by atoms with Gasteiger partial charge >= 0.3 is 5.97 Å². The summed E-state index contributed by atoms with van der Waals surface area (Å²) >= 11 is 0. The van der Waals surface area contributed by atoms with Crippen LogP contribution in [0.4, 0.5) is 0 Å². The fourth-order valence-electron chi connectivity index (χ4n) is 3.60. The van der Waals surface area contributed by atoms with E-state index < -0.39 is 5.97 Å². The van der Waals surface area contributed by atoms with Gasteiger partial charge in [0, 0.05) is 18.7 Å². The number of rotatable bonds is 4. The first-order chi connectivity index (χ1) is 12.6. The normalized spacial score (nSPS) is 16.9. The summed E-state index contributed by atoms with van der Waals surface area (Å²) in [6.07, 6.45) is 3.33. The molecule has 0 aliphatic carbocycles. The summed E-state index contributed by atoms with van der Waals surface area (Å²) < 4.78 is 0. The van der Waals surface area contributed by atoms with E-state index in [1.807, 2.05) is 29.2 Å². The highest BCUT2D eigenvalue weighted by molar-refractivity contribution is 5.97. The molecule has 1 fully saturated rings. The van der Waals surface area contributed by atoms with E-state index >= 15 is 0 Å². The largest absolute Gasteiger partial charge is 0.478 e. The van der Waals surface area contributed by atoms with Gasteiger partial charge in [0.15, 0.2) is 0 Å². The maximum Gasteiger partial charge on any atom is 0.335 e. The number of carboxylic acids is 1. The van der Waals surface area contributed by atoms with Crippen molar-refractivity contribution in [3.8, 4) is 0 Å². The minimum atomic E-state index is -0.913. The van der Waals surface area contributed by atoms with Gasteiger partial charge in [0.05, 0.1) is 22.9 Å². The molecule has 6 nitrogen and oxygen atoms in total. The molecule has 2 N–H and O–H groups in total. The molecule has 0 spiro atoms. The molecule has 6 heteroatoms. The summed E-state index contributed by atoms with van der Waals surface area (Å²) in [5, 5.41) is 9.11. The zero-order valence-electron chi connectivity index (χ0n) is 14.2. The molecule has 0 saturated carbocycles.